The number of rotatable bonds is 8. The Kier molecular flexibility index (Phi) is 6.67. The van der Waals surface area contributed by atoms with Gasteiger partial charge >= 0.3 is 5.97 Å². The van der Waals surface area contributed by atoms with Gasteiger partial charge in [-0.2, -0.15) is 0 Å². The molecule has 0 aliphatic carbocycles. The van der Waals surface area contributed by atoms with Gasteiger partial charge < -0.3 is 18.8 Å². The van der Waals surface area contributed by atoms with Crippen LogP contribution in [0.4, 0.5) is 0 Å². The van der Waals surface area contributed by atoms with Crippen LogP contribution in [0.25, 0.3) is 22.4 Å². The van der Waals surface area contributed by atoms with Crippen molar-refractivity contribution in [2.75, 3.05) is 14.2 Å². The maximum Gasteiger partial charge on any atom is 0.315 e. The highest BCUT2D eigenvalue weighted by Gasteiger charge is 2.14. The van der Waals surface area contributed by atoms with Crippen molar-refractivity contribution < 1.29 is 19.0 Å². The normalized spacial score (nSPS) is 10.8. The first-order valence-electron chi connectivity index (χ1n) is 11.7. The first kappa shape index (κ1) is 23.2. The number of imidazole rings is 1. The van der Waals surface area contributed by atoms with Gasteiger partial charge in [0.25, 0.3) is 0 Å². The number of ether oxygens (including phenoxy) is 3. The van der Waals surface area contributed by atoms with Crippen LogP contribution in [-0.2, 0) is 17.8 Å². The van der Waals surface area contributed by atoms with Crippen LogP contribution in [0.5, 0.6) is 17.2 Å². The van der Waals surface area contributed by atoms with Crippen LogP contribution in [0.1, 0.15) is 11.1 Å². The molecule has 5 aromatic rings. The third-order valence-corrected chi connectivity index (χ3v) is 5.98. The lowest BCUT2D eigenvalue weighted by Gasteiger charge is -2.11. The summed E-state index contributed by atoms with van der Waals surface area (Å²) in [5.74, 6) is 2.18. The van der Waals surface area contributed by atoms with Crippen LogP contribution in [0.3, 0.4) is 0 Å². The monoisotopic (exact) mass is 478 g/mol. The van der Waals surface area contributed by atoms with Crippen LogP contribution in [-0.4, -0.2) is 29.7 Å². The lowest BCUT2D eigenvalue weighted by Crippen LogP contribution is -2.11. The SMILES string of the molecule is COc1ccc(CC(=O)Oc2ccc(-c3nc4ccccc4n3Cc3ccccc3)cc2)cc1OC. The second kappa shape index (κ2) is 10.4. The molecule has 0 fully saturated rings. The molecule has 0 amide bonds. The van der Waals surface area contributed by atoms with Crippen LogP contribution < -0.4 is 14.2 Å². The van der Waals surface area contributed by atoms with Crippen molar-refractivity contribution in [3.63, 3.8) is 0 Å². The quantitative estimate of drug-likeness (QED) is 0.205. The number of carbonyl (C=O) groups is 1. The molecule has 5 rings (SSSR count). The minimum atomic E-state index is -0.355. The summed E-state index contributed by atoms with van der Waals surface area (Å²) in [4.78, 5) is 17.4. The predicted molar refractivity (Wildman–Crippen MR) is 140 cm³/mol. The fraction of sp³-hybridized carbons (Fsp3) is 0.133. The highest BCUT2D eigenvalue weighted by molar-refractivity contribution is 5.81. The first-order chi connectivity index (χ1) is 17.6. The van der Waals surface area contributed by atoms with Gasteiger partial charge in [0.15, 0.2) is 11.5 Å². The third kappa shape index (κ3) is 4.93. The maximum atomic E-state index is 12.6. The Hall–Kier alpha value is -4.58. The smallest absolute Gasteiger partial charge is 0.315 e. The molecular formula is C30H26N2O4. The summed E-state index contributed by atoms with van der Waals surface area (Å²) in [6.45, 7) is 0.707. The van der Waals surface area contributed by atoms with Crippen molar-refractivity contribution in [3.05, 3.63) is 108 Å². The number of carbonyl (C=O) groups excluding carboxylic acids is 1. The van der Waals surface area contributed by atoms with Crippen molar-refractivity contribution in [2.24, 2.45) is 0 Å². The fourth-order valence-electron chi connectivity index (χ4n) is 4.22. The van der Waals surface area contributed by atoms with Crippen molar-refractivity contribution >= 4 is 17.0 Å². The summed E-state index contributed by atoms with van der Waals surface area (Å²) in [5, 5.41) is 0. The Morgan fingerprint density at radius 2 is 1.50 bits per heavy atom. The predicted octanol–water partition coefficient (Wildman–Crippen LogP) is 5.92. The van der Waals surface area contributed by atoms with Gasteiger partial charge in [-0.3, -0.25) is 4.79 Å². The van der Waals surface area contributed by atoms with E-state index < -0.39 is 0 Å². The molecule has 0 saturated carbocycles. The molecule has 0 unspecified atom stereocenters. The number of benzene rings is 4. The fourth-order valence-corrected chi connectivity index (χ4v) is 4.22. The summed E-state index contributed by atoms with van der Waals surface area (Å²) in [6, 6.07) is 31.3. The van der Waals surface area contributed by atoms with E-state index >= 15 is 0 Å². The average molecular weight is 479 g/mol. The molecule has 1 aromatic heterocycles. The van der Waals surface area contributed by atoms with Gasteiger partial charge in [0.1, 0.15) is 11.6 Å². The number of nitrogens with zero attached hydrogens (tertiary/aromatic N) is 2. The zero-order valence-electron chi connectivity index (χ0n) is 20.2. The van der Waals surface area contributed by atoms with E-state index in [-0.39, 0.29) is 12.4 Å². The number of aromatic nitrogens is 2. The average Bonchev–Trinajstić information content (AvgIpc) is 3.27. The lowest BCUT2D eigenvalue weighted by atomic mass is 10.1. The Morgan fingerprint density at radius 1 is 0.778 bits per heavy atom. The molecule has 0 N–H and O–H groups in total. The van der Waals surface area contributed by atoms with Gasteiger partial charge in [0.05, 0.1) is 31.7 Å². The molecule has 6 heteroatoms. The molecule has 180 valence electrons. The molecule has 0 aliphatic heterocycles. The van der Waals surface area contributed by atoms with E-state index in [0.717, 1.165) is 28.0 Å². The molecule has 0 atom stereocenters. The summed E-state index contributed by atoms with van der Waals surface area (Å²) in [5.41, 5.74) is 4.93. The number of para-hydroxylation sites is 2. The van der Waals surface area contributed by atoms with E-state index in [0.29, 0.717) is 23.8 Å². The molecule has 0 spiro atoms. The van der Waals surface area contributed by atoms with Gasteiger partial charge in [0, 0.05) is 12.1 Å². The highest BCUT2D eigenvalue weighted by Crippen LogP contribution is 2.29. The van der Waals surface area contributed by atoms with Crippen molar-refractivity contribution in [2.45, 2.75) is 13.0 Å². The topological polar surface area (TPSA) is 62.6 Å². The third-order valence-electron chi connectivity index (χ3n) is 5.98. The number of hydrogen-bond acceptors (Lipinski definition) is 5. The maximum absolute atomic E-state index is 12.6. The summed E-state index contributed by atoms with van der Waals surface area (Å²) in [7, 11) is 3.14. The zero-order chi connectivity index (χ0) is 24.9. The number of esters is 1. The van der Waals surface area contributed by atoms with E-state index in [9.17, 15) is 4.79 Å². The summed E-state index contributed by atoms with van der Waals surface area (Å²) in [6.07, 6.45) is 0.120. The molecule has 0 saturated heterocycles. The largest absolute Gasteiger partial charge is 0.493 e. The Labute approximate surface area is 209 Å². The van der Waals surface area contributed by atoms with Crippen LogP contribution in [0, 0.1) is 0 Å². The van der Waals surface area contributed by atoms with Crippen molar-refractivity contribution in [1.29, 1.82) is 0 Å². The van der Waals surface area contributed by atoms with Crippen LogP contribution in [0.15, 0.2) is 97.1 Å². The molecule has 0 aliphatic rings. The second-order valence-corrected chi connectivity index (χ2v) is 8.36. The van der Waals surface area contributed by atoms with Gasteiger partial charge in [0.2, 0.25) is 0 Å². The molecule has 6 nitrogen and oxygen atoms in total. The minimum absolute atomic E-state index is 0.120. The van der Waals surface area contributed by atoms with Gasteiger partial charge in [-0.1, -0.05) is 48.5 Å². The Bertz CT molecular complexity index is 1490. The Morgan fingerprint density at radius 3 is 2.25 bits per heavy atom. The van der Waals surface area contributed by atoms with E-state index in [2.05, 4.69) is 22.8 Å². The minimum Gasteiger partial charge on any atom is -0.493 e. The van der Waals surface area contributed by atoms with Gasteiger partial charge in [-0.05, 0) is 59.7 Å². The number of methoxy groups -OCH3 is 2. The van der Waals surface area contributed by atoms with E-state index in [1.54, 1.807) is 38.5 Å². The standard InChI is InChI=1S/C30H26N2O4/c1-34-27-17-12-22(18-28(27)35-2)19-29(33)36-24-15-13-23(14-16-24)30-31-25-10-6-7-11-26(25)32(30)20-21-8-4-3-5-9-21/h3-18H,19-20H2,1-2H3. The number of hydrogen-bond donors (Lipinski definition) is 0. The van der Waals surface area contributed by atoms with Crippen LogP contribution in [0.2, 0.25) is 0 Å². The van der Waals surface area contributed by atoms with Crippen LogP contribution >= 0.6 is 0 Å². The first-order valence-corrected chi connectivity index (χ1v) is 11.7. The molecule has 36 heavy (non-hydrogen) atoms. The molecular weight excluding hydrogens is 452 g/mol. The lowest BCUT2D eigenvalue weighted by molar-refractivity contribution is -0.133. The Balaban J connectivity index is 1.35. The van der Waals surface area contributed by atoms with Gasteiger partial charge in [-0.15, -0.1) is 0 Å². The van der Waals surface area contributed by atoms with E-state index in [4.69, 9.17) is 19.2 Å². The molecule has 4 aromatic carbocycles. The number of fused-ring (bicyclic) bond motifs is 1. The summed E-state index contributed by atoms with van der Waals surface area (Å²) < 4.78 is 18.4. The molecule has 1 heterocycles. The highest BCUT2D eigenvalue weighted by atomic mass is 16.5. The zero-order valence-corrected chi connectivity index (χ0v) is 20.2. The molecule has 0 bridgehead atoms. The summed E-state index contributed by atoms with van der Waals surface area (Å²) >= 11 is 0. The van der Waals surface area contributed by atoms with Crippen molar-refractivity contribution in [1.82, 2.24) is 9.55 Å². The van der Waals surface area contributed by atoms with E-state index in [1.807, 2.05) is 54.6 Å². The van der Waals surface area contributed by atoms with Gasteiger partial charge in [-0.25, -0.2) is 4.98 Å². The van der Waals surface area contributed by atoms with Crippen molar-refractivity contribution in [3.8, 4) is 28.6 Å². The molecule has 0 radical (unpaired) electrons. The van der Waals surface area contributed by atoms with E-state index in [1.165, 1.54) is 5.56 Å². The second-order valence-electron chi connectivity index (χ2n) is 8.36.